The van der Waals surface area contributed by atoms with Crippen molar-refractivity contribution in [1.29, 1.82) is 0 Å². The van der Waals surface area contributed by atoms with E-state index in [0.29, 0.717) is 6.04 Å². The topological polar surface area (TPSA) is 17.8 Å². The number of fused-ring (bicyclic) bond motifs is 4. The van der Waals surface area contributed by atoms with Crippen LogP contribution >= 0.6 is 0 Å². The number of hydrogen-bond donors (Lipinski definition) is 0. The summed E-state index contributed by atoms with van der Waals surface area (Å²) in [6, 6.07) is 19.5. The molecule has 2 aromatic heterocycles. The third kappa shape index (κ3) is 1.48. The van der Waals surface area contributed by atoms with Crippen molar-refractivity contribution in [2.24, 2.45) is 0 Å². The summed E-state index contributed by atoms with van der Waals surface area (Å²) in [7, 11) is 0. The van der Waals surface area contributed by atoms with Crippen LogP contribution in [0, 0.1) is 0 Å². The van der Waals surface area contributed by atoms with E-state index in [1.54, 1.807) is 0 Å². The molecule has 0 N–H and O–H groups in total. The maximum atomic E-state index is 4.90. The molecule has 0 atom stereocenters. The predicted octanol–water partition coefficient (Wildman–Crippen LogP) is 4.92. The second-order valence-corrected chi connectivity index (χ2v) is 5.53. The monoisotopic (exact) mass is 260 g/mol. The van der Waals surface area contributed by atoms with Crippen molar-refractivity contribution in [1.82, 2.24) is 9.55 Å². The minimum absolute atomic E-state index is 0.395. The summed E-state index contributed by atoms with van der Waals surface area (Å²) in [5, 5.41) is 3.73. The highest BCUT2D eigenvalue weighted by molar-refractivity contribution is 6.10. The van der Waals surface area contributed by atoms with Crippen LogP contribution in [-0.4, -0.2) is 9.55 Å². The molecule has 2 heteroatoms. The van der Waals surface area contributed by atoms with Gasteiger partial charge in [0, 0.05) is 22.2 Å². The molecule has 0 amide bonds. The van der Waals surface area contributed by atoms with Gasteiger partial charge < -0.3 is 4.57 Å². The molecule has 0 aliphatic carbocycles. The first-order valence-corrected chi connectivity index (χ1v) is 7.04. The van der Waals surface area contributed by atoms with Crippen LogP contribution in [0.3, 0.4) is 0 Å². The van der Waals surface area contributed by atoms with E-state index in [-0.39, 0.29) is 0 Å². The second kappa shape index (κ2) is 4.07. The lowest BCUT2D eigenvalue weighted by Crippen LogP contribution is -2.01. The van der Waals surface area contributed by atoms with E-state index in [4.69, 9.17) is 4.98 Å². The second-order valence-electron chi connectivity index (χ2n) is 5.53. The van der Waals surface area contributed by atoms with Crippen LogP contribution in [0.15, 0.2) is 54.6 Å². The SMILES string of the molecule is CC(C)n1c2ccccc2c2cc3ccccc3nc21. The van der Waals surface area contributed by atoms with Crippen LogP contribution < -0.4 is 0 Å². The minimum atomic E-state index is 0.395. The summed E-state index contributed by atoms with van der Waals surface area (Å²) in [5.74, 6) is 0. The summed E-state index contributed by atoms with van der Waals surface area (Å²) < 4.78 is 2.33. The van der Waals surface area contributed by atoms with Crippen LogP contribution in [0.5, 0.6) is 0 Å². The van der Waals surface area contributed by atoms with Crippen molar-refractivity contribution in [3.8, 4) is 0 Å². The molecule has 4 aromatic rings. The summed E-state index contributed by atoms with van der Waals surface area (Å²) in [4.78, 5) is 4.90. The summed E-state index contributed by atoms with van der Waals surface area (Å²) >= 11 is 0. The molecule has 0 saturated carbocycles. The van der Waals surface area contributed by atoms with Crippen molar-refractivity contribution in [2.45, 2.75) is 19.9 Å². The average molecular weight is 260 g/mol. The molecular formula is C18H16N2. The lowest BCUT2D eigenvalue weighted by atomic mass is 10.1. The molecule has 0 bridgehead atoms. The molecule has 0 unspecified atom stereocenters. The molecule has 0 aliphatic rings. The van der Waals surface area contributed by atoms with Gasteiger partial charge in [-0.1, -0.05) is 36.4 Å². The Kier molecular flexibility index (Phi) is 2.34. The van der Waals surface area contributed by atoms with Gasteiger partial charge in [0.25, 0.3) is 0 Å². The van der Waals surface area contributed by atoms with Gasteiger partial charge in [-0.25, -0.2) is 4.98 Å². The Morgan fingerprint density at radius 2 is 1.65 bits per heavy atom. The molecule has 2 aromatic carbocycles. The molecule has 0 fully saturated rings. The van der Waals surface area contributed by atoms with E-state index in [2.05, 4.69) is 66.9 Å². The predicted molar refractivity (Wildman–Crippen MR) is 85.1 cm³/mol. The minimum Gasteiger partial charge on any atom is -0.323 e. The highest BCUT2D eigenvalue weighted by atomic mass is 15.1. The standard InChI is InChI=1S/C18H16N2/c1-12(2)20-17-10-6-4-8-14(17)15-11-13-7-3-5-9-16(13)19-18(15)20/h3-12H,1-2H3. The van der Waals surface area contributed by atoms with E-state index in [1.807, 2.05) is 6.07 Å². The first kappa shape index (κ1) is 11.5. The van der Waals surface area contributed by atoms with Gasteiger partial charge in [0.2, 0.25) is 0 Å². The molecule has 98 valence electrons. The van der Waals surface area contributed by atoms with E-state index in [9.17, 15) is 0 Å². The largest absolute Gasteiger partial charge is 0.323 e. The lowest BCUT2D eigenvalue weighted by Gasteiger charge is -2.10. The van der Waals surface area contributed by atoms with Gasteiger partial charge in [-0.05, 0) is 32.0 Å². The Labute approximate surface area is 117 Å². The average Bonchev–Trinajstić information content (AvgIpc) is 2.78. The smallest absolute Gasteiger partial charge is 0.141 e. The first-order chi connectivity index (χ1) is 9.75. The Balaban J connectivity index is 2.29. The number of rotatable bonds is 1. The number of hydrogen-bond acceptors (Lipinski definition) is 1. The maximum Gasteiger partial charge on any atom is 0.141 e. The molecule has 0 saturated heterocycles. The molecule has 0 aliphatic heterocycles. The van der Waals surface area contributed by atoms with Gasteiger partial charge in [-0.15, -0.1) is 0 Å². The van der Waals surface area contributed by atoms with Gasteiger partial charge >= 0.3 is 0 Å². The number of para-hydroxylation sites is 2. The lowest BCUT2D eigenvalue weighted by molar-refractivity contribution is 0.638. The Bertz CT molecular complexity index is 932. The zero-order valence-corrected chi connectivity index (χ0v) is 11.7. The molecule has 4 rings (SSSR count). The van der Waals surface area contributed by atoms with Gasteiger partial charge in [0.15, 0.2) is 0 Å². The molecule has 2 nitrogen and oxygen atoms in total. The maximum absolute atomic E-state index is 4.90. The summed E-state index contributed by atoms with van der Waals surface area (Å²) in [6.07, 6.45) is 0. The molecule has 2 heterocycles. The number of nitrogens with zero attached hydrogens (tertiary/aromatic N) is 2. The fourth-order valence-electron chi connectivity index (χ4n) is 3.04. The number of benzene rings is 2. The molecule has 0 radical (unpaired) electrons. The third-order valence-electron chi connectivity index (χ3n) is 3.90. The zero-order valence-electron chi connectivity index (χ0n) is 11.7. The number of aromatic nitrogens is 2. The van der Waals surface area contributed by atoms with Crippen molar-refractivity contribution in [3.63, 3.8) is 0 Å². The van der Waals surface area contributed by atoms with E-state index in [0.717, 1.165) is 11.2 Å². The van der Waals surface area contributed by atoms with Crippen molar-refractivity contribution in [2.75, 3.05) is 0 Å². The third-order valence-corrected chi connectivity index (χ3v) is 3.90. The highest BCUT2D eigenvalue weighted by Gasteiger charge is 2.14. The van der Waals surface area contributed by atoms with Crippen molar-refractivity contribution >= 4 is 32.8 Å². The molecule has 20 heavy (non-hydrogen) atoms. The van der Waals surface area contributed by atoms with Crippen molar-refractivity contribution < 1.29 is 0 Å². The first-order valence-electron chi connectivity index (χ1n) is 7.04. The quantitative estimate of drug-likeness (QED) is 0.475. The Morgan fingerprint density at radius 1 is 0.900 bits per heavy atom. The van der Waals surface area contributed by atoms with E-state index < -0.39 is 0 Å². The van der Waals surface area contributed by atoms with Gasteiger partial charge in [0.1, 0.15) is 5.65 Å². The Morgan fingerprint density at radius 3 is 2.50 bits per heavy atom. The fourth-order valence-corrected chi connectivity index (χ4v) is 3.04. The van der Waals surface area contributed by atoms with E-state index in [1.165, 1.54) is 21.7 Å². The highest BCUT2D eigenvalue weighted by Crippen LogP contribution is 2.32. The summed E-state index contributed by atoms with van der Waals surface area (Å²) in [6.45, 7) is 4.42. The van der Waals surface area contributed by atoms with Crippen LogP contribution in [0.2, 0.25) is 0 Å². The summed E-state index contributed by atoms with van der Waals surface area (Å²) in [5.41, 5.74) is 3.41. The van der Waals surface area contributed by atoms with Gasteiger partial charge in [-0.2, -0.15) is 0 Å². The van der Waals surface area contributed by atoms with E-state index >= 15 is 0 Å². The van der Waals surface area contributed by atoms with Crippen molar-refractivity contribution in [3.05, 3.63) is 54.6 Å². The van der Waals surface area contributed by atoms with Crippen LogP contribution in [0.1, 0.15) is 19.9 Å². The number of pyridine rings is 1. The van der Waals surface area contributed by atoms with Gasteiger partial charge in [-0.3, -0.25) is 0 Å². The van der Waals surface area contributed by atoms with Crippen LogP contribution in [0.25, 0.3) is 32.8 Å². The van der Waals surface area contributed by atoms with Gasteiger partial charge in [0.05, 0.1) is 11.0 Å². The van der Waals surface area contributed by atoms with Crippen LogP contribution in [0.4, 0.5) is 0 Å². The fraction of sp³-hybridized carbons (Fsp3) is 0.167. The zero-order chi connectivity index (χ0) is 13.7. The molecule has 0 spiro atoms. The van der Waals surface area contributed by atoms with Crippen LogP contribution in [-0.2, 0) is 0 Å². The molecular weight excluding hydrogens is 244 g/mol. The Hall–Kier alpha value is -2.35. The normalized spacial score (nSPS) is 11.9.